The Labute approximate surface area is 186 Å². The number of carbonyl (C=O) groups excluding carboxylic acids is 1. The fourth-order valence-corrected chi connectivity index (χ4v) is 8.74. The Balaban J connectivity index is 1.36. The summed E-state index contributed by atoms with van der Waals surface area (Å²) < 4.78 is 1.65. The number of hydrogen-bond acceptors (Lipinski definition) is 4. The van der Waals surface area contributed by atoms with Gasteiger partial charge in [-0.15, -0.1) is 0 Å². The van der Waals surface area contributed by atoms with E-state index in [0.717, 1.165) is 43.9 Å². The van der Waals surface area contributed by atoms with Crippen LogP contribution < -0.4 is 0 Å². The number of carbonyl (C=O) groups is 1. The third-order valence-electron chi connectivity index (χ3n) is 10.3. The van der Waals surface area contributed by atoms with Crippen molar-refractivity contribution in [3.8, 4) is 6.07 Å². The maximum atomic E-state index is 13.4. The van der Waals surface area contributed by atoms with Gasteiger partial charge in [-0.05, 0) is 98.4 Å². The third-order valence-corrected chi connectivity index (χ3v) is 10.3. The van der Waals surface area contributed by atoms with Crippen LogP contribution in [-0.4, -0.2) is 26.8 Å². The van der Waals surface area contributed by atoms with Gasteiger partial charge in [0.05, 0.1) is 12.6 Å². The first kappa shape index (κ1) is 21.2. The minimum atomic E-state index is -0.0935. The maximum absolute atomic E-state index is 13.4. The Bertz CT molecular complexity index is 887. The van der Waals surface area contributed by atoms with Crippen molar-refractivity contribution in [1.82, 2.24) is 9.78 Å². The van der Waals surface area contributed by atoms with Gasteiger partial charge in [0, 0.05) is 12.1 Å². The molecule has 1 aromatic heterocycles. The molecule has 5 heteroatoms. The van der Waals surface area contributed by atoms with E-state index < -0.39 is 0 Å². The average molecular weight is 424 g/mol. The lowest BCUT2D eigenvalue weighted by molar-refractivity contribution is -0.160. The Kier molecular flexibility index (Phi) is 5.28. The van der Waals surface area contributed by atoms with E-state index in [-0.39, 0.29) is 17.4 Å². The number of fused-ring (bicyclic) bond motifs is 5. The fourth-order valence-electron chi connectivity index (χ4n) is 8.74. The number of hydrogen-bond donors (Lipinski definition) is 1. The van der Waals surface area contributed by atoms with Crippen LogP contribution in [-0.2, 0) is 11.3 Å². The molecule has 4 aliphatic rings. The van der Waals surface area contributed by atoms with Crippen molar-refractivity contribution in [1.29, 1.82) is 5.26 Å². The molecule has 1 aromatic rings. The summed E-state index contributed by atoms with van der Waals surface area (Å²) in [6.07, 6.45) is 13.2. The molecule has 0 spiro atoms. The Morgan fingerprint density at radius 3 is 2.71 bits per heavy atom. The Morgan fingerprint density at radius 1 is 1.16 bits per heavy atom. The van der Waals surface area contributed by atoms with Crippen molar-refractivity contribution in [2.24, 2.45) is 40.4 Å². The van der Waals surface area contributed by atoms with Crippen molar-refractivity contribution >= 4 is 5.78 Å². The Morgan fingerprint density at radius 2 is 1.94 bits per heavy atom. The van der Waals surface area contributed by atoms with Gasteiger partial charge in [0.15, 0.2) is 11.5 Å². The number of aromatic nitrogens is 2. The number of nitriles is 1. The van der Waals surface area contributed by atoms with Crippen LogP contribution >= 0.6 is 0 Å². The molecule has 1 N–H and O–H groups in total. The first-order chi connectivity index (χ1) is 14.8. The molecule has 5 rings (SSSR count). The quantitative estimate of drug-likeness (QED) is 0.762. The molecule has 5 nitrogen and oxygen atoms in total. The molecule has 0 bridgehead atoms. The van der Waals surface area contributed by atoms with Gasteiger partial charge in [-0.2, -0.15) is 10.4 Å². The second-order valence-corrected chi connectivity index (χ2v) is 11.6. The van der Waals surface area contributed by atoms with E-state index in [1.54, 1.807) is 16.9 Å². The van der Waals surface area contributed by atoms with Gasteiger partial charge in [0.25, 0.3) is 0 Å². The minimum absolute atomic E-state index is 0.0935. The van der Waals surface area contributed by atoms with Gasteiger partial charge in [0.1, 0.15) is 6.07 Å². The predicted molar refractivity (Wildman–Crippen MR) is 118 cm³/mol. The first-order valence-corrected chi connectivity index (χ1v) is 12.5. The van der Waals surface area contributed by atoms with Gasteiger partial charge in [-0.1, -0.05) is 20.3 Å². The normalized spacial score (nSPS) is 44.5. The summed E-state index contributed by atoms with van der Waals surface area (Å²) in [6, 6.07) is 3.74. The van der Waals surface area contributed by atoms with Crippen molar-refractivity contribution in [3.63, 3.8) is 0 Å². The van der Waals surface area contributed by atoms with Crippen LogP contribution in [0.1, 0.15) is 83.7 Å². The van der Waals surface area contributed by atoms with Gasteiger partial charge in [-0.3, -0.25) is 9.48 Å². The molecule has 0 amide bonds. The van der Waals surface area contributed by atoms with Crippen molar-refractivity contribution < 1.29 is 9.90 Å². The topological polar surface area (TPSA) is 78.9 Å². The summed E-state index contributed by atoms with van der Waals surface area (Å²) >= 11 is 0. The molecule has 31 heavy (non-hydrogen) atoms. The standard InChI is InChI=1S/C26H37N3O2/c1-25-11-8-19(30)14-17(25)6-7-20-21-4-3-5-23(26(21,2)12-9-22(20)25)24(31)16-29-13-10-18(15-27)28-29/h10,13,17,19-23,30H,3-9,11-12,14,16H2,1-2H3/t17-,19+,20-,21-,22-,23+,25-,26-/m0/s1. The molecule has 4 saturated carbocycles. The van der Waals surface area contributed by atoms with Gasteiger partial charge in [0.2, 0.25) is 0 Å². The highest BCUT2D eigenvalue weighted by atomic mass is 16.3. The van der Waals surface area contributed by atoms with Gasteiger partial charge < -0.3 is 5.11 Å². The van der Waals surface area contributed by atoms with E-state index in [9.17, 15) is 9.90 Å². The molecule has 1 heterocycles. The molecule has 168 valence electrons. The molecule has 0 saturated heterocycles. The zero-order valence-electron chi connectivity index (χ0n) is 19.1. The number of nitrogens with zero attached hydrogens (tertiary/aromatic N) is 3. The second kappa shape index (κ2) is 7.73. The maximum Gasteiger partial charge on any atom is 0.162 e. The lowest BCUT2D eigenvalue weighted by atomic mass is 9.41. The molecule has 4 fully saturated rings. The molecule has 0 aromatic carbocycles. The lowest BCUT2D eigenvalue weighted by Gasteiger charge is -2.63. The van der Waals surface area contributed by atoms with Crippen LogP contribution in [0.25, 0.3) is 0 Å². The van der Waals surface area contributed by atoms with Gasteiger partial charge >= 0.3 is 0 Å². The van der Waals surface area contributed by atoms with E-state index in [1.807, 2.05) is 0 Å². The summed E-state index contributed by atoms with van der Waals surface area (Å²) in [4.78, 5) is 13.4. The number of aliphatic hydroxyl groups is 1. The van der Waals surface area contributed by atoms with E-state index in [1.165, 1.54) is 32.1 Å². The van der Waals surface area contributed by atoms with E-state index in [0.29, 0.717) is 35.3 Å². The summed E-state index contributed by atoms with van der Waals surface area (Å²) in [5.74, 6) is 3.23. The van der Waals surface area contributed by atoms with Crippen LogP contribution in [0.5, 0.6) is 0 Å². The van der Waals surface area contributed by atoms with Crippen molar-refractivity contribution in [2.75, 3.05) is 0 Å². The van der Waals surface area contributed by atoms with Crippen LogP contribution in [0.4, 0.5) is 0 Å². The third kappa shape index (κ3) is 3.37. The summed E-state index contributed by atoms with van der Waals surface area (Å²) in [5.41, 5.74) is 0.853. The fraction of sp³-hybridized carbons (Fsp3) is 0.808. The highest BCUT2D eigenvalue weighted by Gasteiger charge is 2.59. The lowest BCUT2D eigenvalue weighted by Crippen LogP contribution is -2.57. The van der Waals surface area contributed by atoms with E-state index in [4.69, 9.17) is 5.26 Å². The van der Waals surface area contributed by atoms with E-state index >= 15 is 0 Å². The SMILES string of the molecule is C[C@]12CC[C@@H](O)C[C@@H]1CC[C@@H]1[C@@H]2CC[C@]2(C)[C@@H](C(=O)Cn3ccc(C#N)n3)CCC[C@@H]12. The second-order valence-electron chi connectivity index (χ2n) is 11.6. The average Bonchev–Trinajstić information content (AvgIpc) is 3.20. The monoisotopic (exact) mass is 423 g/mol. The van der Waals surface area contributed by atoms with Crippen molar-refractivity contribution in [2.45, 2.75) is 90.7 Å². The summed E-state index contributed by atoms with van der Waals surface area (Å²) in [5, 5.41) is 23.5. The molecule has 0 aliphatic heterocycles. The number of Topliss-reactive ketones (excluding diaryl/α,β-unsaturated/α-hetero) is 1. The van der Waals surface area contributed by atoms with Crippen molar-refractivity contribution in [3.05, 3.63) is 18.0 Å². The zero-order valence-corrected chi connectivity index (χ0v) is 19.1. The Hall–Kier alpha value is -1.67. The summed E-state index contributed by atoms with van der Waals surface area (Å²) in [7, 11) is 0. The zero-order chi connectivity index (χ0) is 21.8. The molecule has 8 atom stereocenters. The number of rotatable bonds is 3. The molecular weight excluding hydrogens is 386 g/mol. The molecule has 0 unspecified atom stereocenters. The molecule has 4 aliphatic carbocycles. The van der Waals surface area contributed by atoms with Gasteiger partial charge in [-0.25, -0.2) is 0 Å². The predicted octanol–water partition coefficient (Wildman–Crippen LogP) is 4.73. The molecular formula is C26H37N3O2. The van der Waals surface area contributed by atoms with Crippen LogP contribution in [0, 0.1) is 51.8 Å². The molecule has 0 radical (unpaired) electrons. The number of ketones is 1. The first-order valence-electron chi connectivity index (χ1n) is 12.5. The van der Waals surface area contributed by atoms with E-state index in [2.05, 4.69) is 25.0 Å². The highest BCUT2D eigenvalue weighted by Crippen LogP contribution is 2.66. The minimum Gasteiger partial charge on any atom is -0.393 e. The smallest absolute Gasteiger partial charge is 0.162 e. The van der Waals surface area contributed by atoms with Crippen LogP contribution in [0.15, 0.2) is 12.3 Å². The summed E-state index contributed by atoms with van der Waals surface area (Å²) in [6.45, 7) is 5.23. The largest absolute Gasteiger partial charge is 0.393 e. The van der Waals surface area contributed by atoms with Crippen LogP contribution in [0.3, 0.4) is 0 Å². The van der Waals surface area contributed by atoms with Crippen LogP contribution in [0.2, 0.25) is 0 Å². The number of aliphatic hydroxyl groups excluding tert-OH is 1. The highest BCUT2D eigenvalue weighted by molar-refractivity contribution is 5.81.